The van der Waals surface area contributed by atoms with Gasteiger partial charge in [0.2, 0.25) is 0 Å². The highest BCUT2D eigenvalue weighted by Crippen LogP contribution is 2.24. The van der Waals surface area contributed by atoms with Crippen LogP contribution in [0.15, 0.2) is 27.2 Å². The number of aryl methyl sites for hydroxylation is 1. The number of nitriles is 1. The number of anilines is 1. The molecule has 0 bridgehead atoms. The summed E-state index contributed by atoms with van der Waals surface area (Å²) >= 11 is 6.37. The maximum absolute atomic E-state index is 12.1. The van der Waals surface area contributed by atoms with Gasteiger partial charge in [-0.15, -0.1) is 0 Å². The van der Waals surface area contributed by atoms with Crippen molar-refractivity contribution in [2.75, 3.05) is 4.72 Å². The number of halogens is 1. The van der Waals surface area contributed by atoms with Gasteiger partial charge in [0.05, 0.1) is 16.3 Å². The average molecular weight is 330 g/mol. The molecule has 0 spiro atoms. The molecular formula is C11H8ClN3O3S2. The van der Waals surface area contributed by atoms with Crippen LogP contribution in [-0.4, -0.2) is 13.4 Å². The van der Waals surface area contributed by atoms with Gasteiger partial charge in [-0.3, -0.25) is 9.52 Å². The second-order valence-electron chi connectivity index (χ2n) is 3.84. The van der Waals surface area contributed by atoms with Crippen molar-refractivity contribution >= 4 is 38.6 Å². The molecule has 0 amide bonds. The molecule has 6 nitrogen and oxygen atoms in total. The van der Waals surface area contributed by atoms with Crippen LogP contribution in [0.5, 0.6) is 0 Å². The minimum Gasteiger partial charge on any atom is -0.315 e. The van der Waals surface area contributed by atoms with E-state index in [0.29, 0.717) is 11.3 Å². The van der Waals surface area contributed by atoms with Crippen molar-refractivity contribution in [1.82, 2.24) is 4.98 Å². The number of hydrogen-bond acceptors (Lipinski definition) is 5. The fraction of sp³-hybridized carbons (Fsp3) is 0.0909. The minimum atomic E-state index is -3.88. The van der Waals surface area contributed by atoms with E-state index in [1.165, 1.54) is 25.1 Å². The fourth-order valence-electron chi connectivity index (χ4n) is 1.52. The van der Waals surface area contributed by atoms with E-state index in [1.54, 1.807) is 0 Å². The number of nitrogens with one attached hydrogen (secondary N) is 2. The van der Waals surface area contributed by atoms with Crippen LogP contribution in [0.2, 0.25) is 5.02 Å². The number of nitrogens with zero attached hydrogens (tertiary/aromatic N) is 1. The molecule has 1 aromatic carbocycles. The molecule has 2 aromatic rings. The molecular weight excluding hydrogens is 322 g/mol. The largest absolute Gasteiger partial charge is 0.315 e. The highest BCUT2D eigenvalue weighted by molar-refractivity contribution is 7.94. The molecule has 0 unspecified atom stereocenters. The van der Waals surface area contributed by atoms with E-state index in [9.17, 15) is 13.2 Å². The summed E-state index contributed by atoms with van der Waals surface area (Å²) in [5.41, 5.74) is 0.624. The summed E-state index contributed by atoms with van der Waals surface area (Å²) in [5, 5.41) is 9.08. The maximum atomic E-state index is 12.1. The van der Waals surface area contributed by atoms with Crippen molar-refractivity contribution in [3.05, 3.63) is 44.1 Å². The first-order valence-electron chi connectivity index (χ1n) is 5.25. The van der Waals surface area contributed by atoms with Crippen molar-refractivity contribution in [1.29, 1.82) is 5.26 Å². The van der Waals surface area contributed by atoms with Gasteiger partial charge in [0, 0.05) is 5.69 Å². The second kappa shape index (κ2) is 5.28. The number of rotatable bonds is 3. The third kappa shape index (κ3) is 2.85. The molecule has 0 aliphatic carbocycles. The molecule has 0 saturated carbocycles. The van der Waals surface area contributed by atoms with E-state index in [0.717, 1.165) is 0 Å². The number of aromatic amines is 1. The molecule has 20 heavy (non-hydrogen) atoms. The molecule has 1 heterocycles. The van der Waals surface area contributed by atoms with Gasteiger partial charge in [-0.2, -0.15) is 5.26 Å². The van der Waals surface area contributed by atoms with Crippen LogP contribution < -0.4 is 9.60 Å². The molecule has 9 heteroatoms. The lowest BCUT2D eigenvalue weighted by atomic mass is 10.2. The van der Waals surface area contributed by atoms with E-state index in [4.69, 9.17) is 16.9 Å². The first kappa shape index (κ1) is 14.6. The lowest BCUT2D eigenvalue weighted by Gasteiger charge is -2.07. The molecule has 2 N–H and O–H groups in total. The minimum absolute atomic E-state index is 0.0871. The molecule has 104 valence electrons. The molecule has 0 fully saturated rings. The topological polar surface area (TPSA) is 103 Å². The first-order valence-corrected chi connectivity index (χ1v) is 7.93. The summed E-state index contributed by atoms with van der Waals surface area (Å²) in [5.74, 6) is 0. The van der Waals surface area contributed by atoms with Gasteiger partial charge in [-0.1, -0.05) is 22.9 Å². The summed E-state index contributed by atoms with van der Waals surface area (Å²) in [6.45, 7) is 1.50. The smallest absolute Gasteiger partial charge is 0.306 e. The number of aromatic nitrogens is 1. The van der Waals surface area contributed by atoms with Crippen LogP contribution in [0.4, 0.5) is 5.69 Å². The average Bonchev–Trinajstić information content (AvgIpc) is 2.71. The van der Waals surface area contributed by atoms with Crippen LogP contribution in [0.3, 0.4) is 0 Å². The SMILES string of the molecule is Cc1[nH]c(=O)sc1S(=O)(=O)Nc1ccc(Cl)c(C#N)c1. The van der Waals surface area contributed by atoms with Crippen molar-refractivity contribution in [3.63, 3.8) is 0 Å². The van der Waals surface area contributed by atoms with Crippen LogP contribution in [0.1, 0.15) is 11.3 Å². The number of hydrogen-bond donors (Lipinski definition) is 2. The van der Waals surface area contributed by atoms with Crippen molar-refractivity contribution in [2.24, 2.45) is 0 Å². The molecule has 0 saturated heterocycles. The zero-order valence-corrected chi connectivity index (χ0v) is 12.5. The molecule has 2 rings (SSSR count). The van der Waals surface area contributed by atoms with E-state index in [1.807, 2.05) is 6.07 Å². The summed E-state index contributed by atoms with van der Waals surface area (Å²) in [4.78, 5) is 13.1. The number of thiazole rings is 1. The quantitative estimate of drug-likeness (QED) is 0.899. The highest BCUT2D eigenvalue weighted by Gasteiger charge is 2.21. The third-order valence-corrected chi connectivity index (χ3v) is 5.68. The standard InChI is InChI=1S/C11H8ClN3O3S2/c1-6-10(19-11(16)14-6)20(17,18)15-8-2-3-9(12)7(4-8)5-13/h2-4,15H,1H3,(H,14,16). The van der Waals surface area contributed by atoms with Gasteiger partial charge in [-0.05, 0) is 25.1 Å². The Morgan fingerprint density at radius 3 is 2.70 bits per heavy atom. The second-order valence-corrected chi connectivity index (χ2v) is 7.11. The van der Waals surface area contributed by atoms with E-state index < -0.39 is 14.9 Å². The Morgan fingerprint density at radius 2 is 2.15 bits per heavy atom. The predicted octanol–water partition coefficient (Wildman–Crippen LogP) is 2.07. The summed E-state index contributed by atoms with van der Waals surface area (Å²) in [7, 11) is -3.88. The Labute approximate surface area is 123 Å². The molecule has 0 aliphatic heterocycles. The third-order valence-electron chi connectivity index (χ3n) is 2.36. The summed E-state index contributed by atoms with van der Waals surface area (Å²) in [6, 6.07) is 6.04. The monoisotopic (exact) mass is 329 g/mol. The van der Waals surface area contributed by atoms with Crippen LogP contribution >= 0.6 is 22.9 Å². The Kier molecular flexibility index (Phi) is 3.85. The number of H-pyrrole nitrogens is 1. The van der Waals surface area contributed by atoms with Gasteiger partial charge in [0.15, 0.2) is 4.21 Å². The molecule has 0 radical (unpaired) electrons. The Bertz CT molecular complexity index is 862. The zero-order chi connectivity index (χ0) is 14.9. The van der Waals surface area contributed by atoms with E-state index in [-0.39, 0.29) is 26.2 Å². The van der Waals surface area contributed by atoms with E-state index in [2.05, 4.69) is 9.71 Å². The lowest BCUT2D eigenvalue weighted by molar-refractivity contribution is 0.602. The lowest BCUT2D eigenvalue weighted by Crippen LogP contribution is -2.12. The predicted molar refractivity (Wildman–Crippen MR) is 76.7 cm³/mol. The Hall–Kier alpha value is -1.82. The van der Waals surface area contributed by atoms with Gasteiger partial charge in [-0.25, -0.2) is 8.42 Å². The van der Waals surface area contributed by atoms with Gasteiger partial charge >= 0.3 is 4.87 Å². The molecule has 1 aromatic heterocycles. The van der Waals surface area contributed by atoms with Crippen LogP contribution in [-0.2, 0) is 10.0 Å². The number of sulfonamides is 1. The molecule has 0 atom stereocenters. The summed E-state index contributed by atoms with van der Waals surface area (Å²) < 4.78 is 26.5. The fourth-order valence-corrected chi connectivity index (χ4v) is 4.03. The summed E-state index contributed by atoms with van der Waals surface area (Å²) in [6.07, 6.45) is 0. The van der Waals surface area contributed by atoms with Crippen LogP contribution in [0, 0.1) is 18.3 Å². The van der Waals surface area contributed by atoms with Crippen molar-refractivity contribution in [2.45, 2.75) is 11.1 Å². The maximum Gasteiger partial charge on any atom is 0.306 e. The van der Waals surface area contributed by atoms with Crippen LogP contribution in [0.25, 0.3) is 0 Å². The van der Waals surface area contributed by atoms with E-state index >= 15 is 0 Å². The normalized spacial score (nSPS) is 11.1. The Morgan fingerprint density at radius 1 is 1.45 bits per heavy atom. The first-order chi connectivity index (χ1) is 9.33. The highest BCUT2D eigenvalue weighted by atomic mass is 35.5. The zero-order valence-electron chi connectivity index (χ0n) is 10.1. The van der Waals surface area contributed by atoms with Gasteiger partial charge < -0.3 is 4.98 Å². The van der Waals surface area contributed by atoms with Gasteiger partial charge in [0.25, 0.3) is 10.0 Å². The van der Waals surface area contributed by atoms with Crippen molar-refractivity contribution in [3.8, 4) is 6.07 Å². The van der Waals surface area contributed by atoms with Gasteiger partial charge in [0.1, 0.15) is 6.07 Å². The Balaban J connectivity index is 2.41. The van der Waals surface area contributed by atoms with Crippen molar-refractivity contribution < 1.29 is 8.42 Å². The number of benzene rings is 1. The molecule has 0 aliphatic rings.